The summed E-state index contributed by atoms with van der Waals surface area (Å²) in [5.41, 5.74) is 7.03. The lowest BCUT2D eigenvalue weighted by atomic mass is 10.1. The lowest BCUT2D eigenvalue weighted by molar-refractivity contribution is 0.279. The molecular formula is C13H17ClN2O. The van der Waals surface area contributed by atoms with Gasteiger partial charge >= 0.3 is 0 Å². The number of nitriles is 1. The van der Waals surface area contributed by atoms with Gasteiger partial charge in [0.2, 0.25) is 0 Å². The van der Waals surface area contributed by atoms with Gasteiger partial charge in [0.15, 0.2) is 0 Å². The second kappa shape index (κ2) is 5.90. The first-order valence-corrected chi connectivity index (χ1v) is 5.59. The largest absolute Gasteiger partial charge is 0.492 e. The van der Waals surface area contributed by atoms with Gasteiger partial charge in [0.05, 0.1) is 11.6 Å². The first-order valence-electron chi connectivity index (χ1n) is 5.59. The molecule has 0 amide bonds. The minimum atomic E-state index is -0.0700. The van der Waals surface area contributed by atoms with Crippen LogP contribution in [0.2, 0.25) is 0 Å². The van der Waals surface area contributed by atoms with Crippen molar-refractivity contribution < 1.29 is 4.74 Å². The maximum absolute atomic E-state index is 8.47. The zero-order chi connectivity index (χ0) is 11.4. The summed E-state index contributed by atoms with van der Waals surface area (Å²) in [6, 6.07) is 10.0. The van der Waals surface area contributed by atoms with Crippen molar-refractivity contribution in [1.29, 1.82) is 5.26 Å². The Morgan fingerprint density at radius 1 is 1.29 bits per heavy atom. The van der Waals surface area contributed by atoms with Crippen LogP contribution in [0.15, 0.2) is 24.3 Å². The van der Waals surface area contributed by atoms with Gasteiger partial charge < -0.3 is 10.5 Å². The molecule has 1 aliphatic rings. The van der Waals surface area contributed by atoms with Gasteiger partial charge in [0.25, 0.3) is 0 Å². The van der Waals surface area contributed by atoms with Gasteiger partial charge in [-0.05, 0) is 37.0 Å². The Hall–Kier alpha value is -1.24. The molecule has 0 saturated heterocycles. The topological polar surface area (TPSA) is 59.0 Å². The Labute approximate surface area is 108 Å². The van der Waals surface area contributed by atoms with Crippen LogP contribution in [0.25, 0.3) is 0 Å². The summed E-state index contributed by atoms with van der Waals surface area (Å²) in [6.45, 7) is 0.602. The zero-order valence-corrected chi connectivity index (χ0v) is 10.5. The molecule has 0 heterocycles. The molecule has 0 radical (unpaired) electrons. The SMILES string of the molecule is Cl.N#CCCc1ccc(OCC2(N)CC2)cc1. The van der Waals surface area contributed by atoms with E-state index < -0.39 is 0 Å². The van der Waals surface area contributed by atoms with Crippen LogP contribution in [0.5, 0.6) is 5.75 Å². The average molecular weight is 253 g/mol. The van der Waals surface area contributed by atoms with Crippen molar-refractivity contribution in [3.8, 4) is 11.8 Å². The van der Waals surface area contributed by atoms with Crippen molar-refractivity contribution in [2.24, 2.45) is 5.73 Å². The third-order valence-electron chi connectivity index (χ3n) is 2.87. The first kappa shape index (κ1) is 13.8. The van der Waals surface area contributed by atoms with Crippen LogP contribution in [0, 0.1) is 11.3 Å². The van der Waals surface area contributed by atoms with Gasteiger partial charge in [-0.3, -0.25) is 0 Å². The van der Waals surface area contributed by atoms with Crippen molar-refractivity contribution in [2.75, 3.05) is 6.61 Å². The molecule has 0 aromatic heterocycles. The van der Waals surface area contributed by atoms with Crippen LogP contribution in [0.1, 0.15) is 24.8 Å². The predicted molar refractivity (Wildman–Crippen MR) is 69.3 cm³/mol. The Morgan fingerprint density at radius 3 is 2.47 bits per heavy atom. The van der Waals surface area contributed by atoms with E-state index >= 15 is 0 Å². The monoisotopic (exact) mass is 252 g/mol. The van der Waals surface area contributed by atoms with E-state index in [9.17, 15) is 0 Å². The number of rotatable bonds is 5. The molecule has 17 heavy (non-hydrogen) atoms. The Bertz CT molecular complexity index is 393. The maximum atomic E-state index is 8.47. The Kier molecular flexibility index (Phi) is 4.80. The third kappa shape index (κ3) is 4.26. The summed E-state index contributed by atoms with van der Waals surface area (Å²) in [5, 5.41) is 8.47. The highest BCUT2D eigenvalue weighted by molar-refractivity contribution is 5.85. The minimum absolute atomic E-state index is 0. The maximum Gasteiger partial charge on any atom is 0.119 e. The van der Waals surface area contributed by atoms with Crippen LogP contribution in [-0.4, -0.2) is 12.1 Å². The quantitative estimate of drug-likeness (QED) is 0.876. The van der Waals surface area contributed by atoms with Gasteiger partial charge in [0, 0.05) is 6.42 Å². The molecule has 92 valence electrons. The van der Waals surface area contributed by atoms with Crippen molar-refractivity contribution in [3.05, 3.63) is 29.8 Å². The van der Waals surface area contributed by atoms with Crippen molar-refractivity contribution in [1.82, 2.24) is 0 Å². The van der Waals surface area contributed by atoms with Crippen LogP contribution in [0.4, 0.5) is 0 Å². The van der Waals surface area contributed by atoms with Gasteiger partial charge in [-0.15, -0.1) is 12.4 Å². The normalized spacial score (nSPS) is 15.5. The number of hydrogen-bond donors (Lipinski definition) is 1. The summed E-state index contributed by atoms with van der Waals surface area (Å²) in [7, 11) is 0. The van der Waals surface area contributed by atoms with Crippen molar-refractivity contribution >= 4 is 12.4 Å². The fourth-order valence-electron chi connectivity index (χ4n) is 1.48. The molecule has 0 unspecified atom stereocenters. The van der Waals surface area contributed by atoms with E-state index in [2.05, 4.69) is 6.07 Å². The highest BCUT2D eigenvalue weighted by atomic mass is 35.5. The highest BCUT2D eigenvalue weighted by Gasteiger charge is 2.39. The number of aryl methyl sites for hydroxylation is 1. The molecule has 1 aliphatic carbocycles. The number of nitrogens with zero attached hydrogens (tertiary/aromatic N) is 1. The lowest BCUT2D eigenvalue weighted by Gasteiger charge is -2.11. The fraction of sp³-hybridized carbons (Fsp3) is 0.462. The van der Waals surface area contributed by atoms with Crippen molar-refractivity contribution in [2.45, 2.75) is 31.2 Å². The van der Waals surface area contributed by atoms with Crippen molar-refractivity contribution in [3.63, 3.8) is 0 Å². The standard InChI is InChI=1S/C13H16N2O.ClH/c14-9-1-2-11-3-5-12(6-4-11)16-10-13(15)7-8-13;/h3-6H,1-2,7-8,10,15H2;1H. The summed E-state index contributed by atoms with van der Waals surface area (Å²) >= 11 is 0. The fourth-order valence-corrected chi connectivity index (χ4v) is 1.48. The molecule has 1 saturated carbocycles. The van der Waals surface area contributed by atoms with Crippen LogP contribution < -0.4 is 10.5 Å². The predicted octanol–water partition coefficient (Wildman–Crippen LogP) is 2.43. The van der Waals surface area contributed by atoms with E-state index in [0.717, 1.165) is 25.0 Å². The molecule has 4 heteroatoms. The lowest BCUT2D eigenvalue weighted by Crippen LogP contribution is -2.29. The molecule has 1 aromatic carbocycles. The zero-order valence-electron chi connectivity index (χ0n) is 9.69. The number of benzene rings is 1. The van der Waals surface area contributed by atoms with Gasteiger partial charge in [-0.2, -0.15) is 5.26 Å². The molecule has 2 rings (SSSR count). The minimum Gasteiger partial charge on any atom is -0.492 e. The Balaban J connectivity index is 0.00000144. The number of ether oxygens (including phenoxy) is 1. The van der Waals surface area contributed by atoms with E-state index in [0.29, 0.717) is 13.0 Å². The molecule has 0 spiro atoms. The molecule has 0 bridgehead atoms. The summed E-state index contributed by atoms with van der Waals surface area (Å²) < 4.78 is 5.60. The van der Waals surface area contributed by atoms with Gasteiger partial charge in [-0.25, -0.2) is 0 Å². The van der Waals surface area contributed by atoms with Crippen LogP contribution in [-0.2, 0) is 6.42 Å². The smallest absolute Gasteiger partial charge is 0.119 e. The third-order valence-corrected chi connectivity index (χ3v) is 2.87. The summed E-state index contributed by atoms with van der Waals surface area (Å²) in [6.07, 6.45) is 3.49. The van der Waals surface area contributed by atoms with E-state index in [1.165, 1.54) is 5.56 Å². The second-order valence-corrected chi connectivity index (χ2v) is 4.45. The Morgan fingerprint density at radius 2 is 1.94 bits per heavy atom. The van der Waals surface area contributed by atoms with Crippen LogP contribution in [0.3, 0.4) is 0 Å². The number of halogens is 1. The van der Waals surface area contributed by atoms with E-state index in [1.54, 1.807) is 0 Å². The van der Waals surface area contributed by atoms with Gasteiger partial charge in [0.1, 0.15) is 12.4 Å². The molecule has 2 N–H and O–H groups in total. The molecule has 0 aliphatic heterocycles. The first-order chi connectivity index (χ1) is 7.72. The molecule has 0 atom stereocenters. The molecule has 1 fully saturated rings. The van der Waals surface area contributed by atoms with E-state index in [1.807, 2.05) is 24.3 Å². The number of hydrogen-bond acceptors (Lipinski definition) is 3. The van der Waals surface area contributed by atoms with E-state index in [-0.39, 0.29) is 17.9 Å². The molecule has 1 aromatic rings. The van der Waals surface area contributed by atoms with E-state index in [4.69, 9.17) is 15.7 Å². The molecule has 3 nitrogen and oxygen atoms in total. The average Bonchev–Trinajstić information content (AvgIpc) is 3.04. The van der Waals surface area contributed by atoms with Gasteiger partial charge in [-0.1, -0.05) is 12.1 Å². The second-order valence-electron chi connectivity index (χ2n) is 4.45. The highest BCUT2D eigenvalue weighted by Crippen LogP contribution is 2.32. The molecular weight excluding hydrogens is 236 g/mol. The summed E-state index contributed by atoms with van der Waals surface area (Å²) in [4.78, 5) is 0. The number of nitrogens with two attached hydrogens (primary N) is 1. The van der Waals surface area contributed by atoms with Crippen LogP contribution >= 0.6 is 12.4 Å². The summed E-state index contributed by atoms with van der Waals surface area (Å²) in [5.74, 6) is 0.859.